The molecule has 23 heavy (non-hydrogen) atoms. The van der Waals surface area contributed by atoms with Gasteiger partial charge in [0, 0.05) is 17.7 Å². The Morgan fingerprint density at radius 3 is 2.78 bits per heavy atom. The summed E-state index contributed by atoms with van der Waals surface area (Å²) in [5.74, 6) is 3.35. The number of aromatic nitrogens is 5. The molecule has 8 heteroatoms. The van der Waals surface area contributed by atoms with Crippen LogP contribution in [-0.2, 0) is 5.41 Å². The molecule has 2 aromatic rings. The summed E-state index contributed by atoms with van der Waals surface area (Å²) in [5, 5.41) is 14.0. The highest BCUT2D eigenvalue weighted by Crippen LogP contribution is 2.26. The first-order valence-corrected chi connectivity index (χ1v) is 8.96. The second kappa shape index (κ2) is 6.35. The summed E-state index contributed by atoms with van der Waals surface area (Å²) in [7, 11) is 0. The lowest BCUT2D eigenvalue weighted by Crippen LogP contribution is -2.18. The summed E-state index contributed by atoms with van der Waals surface area (Å²) >= 11 is 1.98. The van der Waals surface area contributed by atoms with Gasteiger partial charge in [-0.2, -0.15) is 16.9 Å². The Bertz CT molecular complexity index is 680. The number of nitrogens with zero attached hydrogens (tertiary/aromatic N) is 4. The first-order chi connectivity index (χ1) is 10.9. The number of carbonyl (C=O) groups is 1. The van der Waals surface area contributed by atoms with Gasteiger partial charge in [0.25, 0.3) is 5.91 Å². The van der Waals surface area contributed by atoms with Gasteiger partial charge in [-0.05, 0) is 24.3 Å². The quantitative estimate of drug-likeness (QED) is 0.901. The summed E-state index contributed by atoms with van der Waals surface area (Å²) in [6, 6.07) is 2.25. The molecule has 1 amide bonds. The normalized spacial score (nSPS) is 16.5. The lowest BCUT2D eigenvalue weighted by atomic mass is 9.96. The minimum atomic E-state index is -0.346. The maximum Gasteiger partial charge on any atom is 0.296 e. The third-order valence-electron chi connectivity index (χ3n) is 3.81. The van der Waals surface area contributed by atoms with E-state index in [0.717, 1.165) is 12.8 Å². The maximum absolute atomic E-state index is 12.2. The molecule has 3 rings (SSSR count). The van der Waals surface area contributed by atoms with Crippen molar-refractivity contribution < 1.29 is 4.79 Å². The zero-order valence-electron chi connectivity index (χ0n) is 13.7. The van der Waals surface area contributed by atoms with E-state index in [1.54, 1.807) is 0 Å². The molecule has 0 saturated carbocycles. The van der Waals surface area contributed by atoms with Crippen molar-refractivity contribution in [2.24, 2.45) is 0 Å². The lowest BCUT2D eigenvalue weighted by molar-refractivity contribution is 0.101. The fraction of sp³-hybridized carbons (Fsp3) is 0.600. The summed E-state index contributed by atoms with van der Waals surface area (Å²) in [6.45, 7) is 6.04. The number of hydrogen-bond acceptors (Lipinski definition) is 5. The van der Waals surface area contributed by atoms with E-state index < -0.39 is 0 Å². The van der Waals surface area contributed by atoms with Crippen molar-refractivity contribution in [2.75, 3.05) is 16.8 Å². The molecule has 1 aliphatic rings. The molecule has 1 fully saturated rings. The van der Waals surface area contributed by atoms with Gasteiger partial charge >= 0.3 is 0 Å². The van der Waals surface area contributed by atoms with Gasteiger partial charge in [0.1, 0.15) is 5.82 Å². The summed E-state index contributed by atoms with van der Waals surface area (Å²) in [4.78, 5) is 16.5. The highest BCUT2D eigenvalue weighted by Gasteiger charge is 2.22. The standard InChI is InChI=1S/C15H22N6OS/c1-15(2,3)14-17-12(18-19-14)13(22)16-11-4-7-21(20-11)10-5-8-23-9-6-10/h4,7,10H,5-6,8-9H2,1-3H3,(H,16,20,22)(H,17,18,19). The van der Waals surface area contributed by atoms with Crippen molar-refractivity contribution in [2.45, 2.75) is 45.1 Å². The Labute approximate surface area is 139 Å². The molecular formula is C15H22N6OS. The van der Waals surface area contributed by atoms with Crippen molar-refractivity contribution in [1.29, 1.82) is 0 Å². The van der Waals surface area contributed by atoms with Crippen molar-refractivity contribution in [3.63, 3.8) is 0 Å². The molecule has 0 radical (unpaired) electrons. The predicted octanol–water partition coefficient (Wildman–Crippen LogP) is 2.62. The van der Waals surface area contributed by atoms with Gasteiger partial charge in [0.15, 0.2) is 5.82 Å². The number of aromatic amines is 1. The molecule has 0 spiro atoms. The average Bonchev–Trinajstić information content (AvgIpc) is 3.17. The molecule has 3 heterocycles. The van der Waals surface area contributed by atoms with Crippen molar-refractivity contribution in [3.05, 3.63) is 23.9 Å². The number of H-pyrrole nitrogens is 1. The molecule has 0 aromatic carbocycles. The van der Waals surface area contributed by atoms with Crippen LogP contribution in [-0.4, -0.2) is 42.4 Å². The summed E-state index contributed by atoms with van der Waals surface area (Å²) in [6.07, 6.45) is 4.17. The van der Waals surface area contributed by atoms with E-state index >= 15 is 0 Å². The Balaban J connectivity index is 1.66. The smallest absolute Gasteiger partial charge is 0.296 e. The van der Waals surface area contributed by atoms with Crippen LogP contribution in [0.3, 0.4) is 0 Å². The molecule has 2 aromatic heterocycles. The van der Waals surface area contributed by atoms with Gasteiger partial charge in [-0.25, -0.2) is 4.98 Å². The molecule has 0 aliphatic carbocycles. The van der Waals surface area contributed by atoms with Crippen molar-refractivity contribution in [1.82, 2.24) is 25.0 Å². The molecule has 1 saturated heterocycles. The van der Waals surface area contributed by atoms with Gasteiger partial charge in [-0.1, -0.05) is 20.8 Å². The number of hydrogen-bond donors (Lipinski definition) is 2. The fourth-order valence-corrected chi connectivity index (χ4v) is 3.51. The van der Waals surface area contributed by atoms with Crippen LogP contribution in [0.2, 0.25) is 0 Å². The number of anilines is 1. The molecular weight excluding hydrogens is 312 g/mol. The predicted molar refractivity (Wildman–Crippen MR) is 90.9 cm³/mol. The van der Waals surface area contributed by atoms with E-state index in [2.05, 4.69) is 25.6 Å². The fourth-order valence-electron chi connectivity index (χ4n) is 2.43. The molecule has 0 bridgehead atoms. The van der Waals surface area contributed by atoms with Crippen molar-refractivity contribution >= 4 is 23.5 Å². The van der Waals surface area contributed by atoms with E-state index in [0.29, 0.717) is 17.7 Å². The largest absolute Gasteiger partial charge is 0.302 e. The van der Waals surface area contributed by atoms with Crippen LogP contribution in [0.15, 0.2) is 12.3 Å². The third kappa shape index (κ3) is 3.74. The SMILES string of the molecule is CC(C)(C)c1nc(C(=O)Nc2ccn(C3CCSCC3)n2)n[nH]1. The van der Waals surface area contributed by atoms with Crippen LogP contribution in [0.4, 0.5) is 5.82 Å². The van der Waals surface area contributed by atoms with Crippen LogP contribution < -0.4 is 5.32 Å². The monoisotopic (exact) mass is 334 g/mol. The van der Waals surface area contributed by atoms with Crippen LogP contribution >= 0.6 is 11.8 Å². The molecule has 7 nitrogen and oxygen atoms in total. The number of carbonyl (C=O) groups excluding carboxylic acids is 1. The van der Waals surface area contributed by atoms with Gasteiger partial charge in [0.05, 0.1) is 6.04 Å². The van der Waals surface area contributed by atoms with Gasteiger partial charge in [0.2, 0.25) is 5.82 Å². The maximum atomic E-state index is 12.2. The van der Waals surface area contributed by atoms with E-state index in [4.69, 9.17) is 0 Å². The zero-order chi connectivity index (χ0) is 16.4. The number of amides is 1. The van der Waals surface area contributed by atoms with Crippen LogP contribution in [0, 0.1) is 0 Å². The van der Waals surface area contributed by atoms with E-state index in [-0.39, 0.29) is 17.1 Å². The highest BCUT2D eigenvalue weighted by molar-refractivity contribution is 7.99. The minimum absolute atomic E-state index is 0.138. The first-order valence-electron chi connectivity index (χ1n) is 7.80. The molecule has 1 aliphatic heterocycles. The number of nitrogens with one attached hydrogen (secondary N) is 2. The van der Waals surface area contributed by atoms with Crippen molar-refractivity contribution in [3.8, 4) is 0 Å². The summed E-state index contributed by atoms with van der Waals surface area (Å²) in [5.41, 5.74) is -0.175. The topological polar surface area (TPSA) is 88.5 Å². The molecule has 2 N–H and O–H groups in total. The summed E-state index contributed by atoms with van der Waals surface area (Å²) < 4.78 is 1.95. The average molecular weight is 334 g/mol. The second-order valence-corrected chi connectivity index (χ2v) is 7.96. The number of thioether (sulfide) groups is 1. The first kappa shape index (κ1) is 16.0. The Morgan fingerprint density at radius 1 is 1.39 bits per heavy atom. The molecule has 0 unspecified atom stereocenters. The van der Waals surface area contributed by atoms with Crippen LogP contribution in [0.25, 0.3) is 0 Å². The minimum Gasteiger partial charge on any atom is -0.302 e. The molecule has 124 valence electrons. The van der Waals surface area contributed by atoms with Crippen LogP contribution in [0.5, 0.6) is 0 Å². The number of rotatable bonds is 3. The van der Waals surface area contributed by atoms with Crippen LogP contribution in [0.1, 0.15) is 56.1 Å². The second-order valence-electron chi connectivity index (χ2n) is 6.74. The zero-order valence-corrected chi connectivity index (χ0v) is 14.5. The van der Waals surface area contributed by atoms with E-state index in [9.17, 15) is 4.79 Å². The third-order valence-corrected chi connectivity index (χ3v) is 4.86. The highest BCUT2D eigenvalue weighted by atomic mass is 32.2. The Morgan fingerprint density at radius 2 is 2.13 bits per heavy atom. The van der Waals surface area contributed by atoms with E-state index in [1.165, 1.54) is 11.5 Å². The Hall–Kier alpha value is -1.83. The lowest BCUT2D eigenvalue weighted by Gasteiger charge is -2.21. The van der Waals surface area contributed by atoms with E-state index in [1.807, 2.05) is 49.5 Å². The molecule has 0 atom stereocenters. The Kier molecular flexibility index (Phi) is 4.43. The van der Waals surface area contributed by atoms with Gasteiger partial charge in [-0.3, -0.25) is 14.6 Å². The van der Waals surface area contributed by atoms with Gasteiger partial charge in [-0.15, -0.1) is 5.10 Å². The van der Waals surface area contributed by atoms with Gasteiger partial charge < -0.3 is 5.32 Å².